The zero-order valence-electron chi connectivity index (χ0n) is 13.3. The van der Waals surface area contributed by atoms with E-state index < -0.39 is 0 Å². The molecule has 0 saturated heterocycles. The van der Waals surface area contributed by atoms with Gasteiger partial charge in [-0.15, -0.1) is 0 Å². The first-order chi connectivity index (χ1) is 11.7. The van der Waals surface area contributed by atoms with E-state index in [1.165, 1.54) is 6.08 Å². The number of amides is 2. The number of nitrogens with zero attached hydrogens (tertiary/aromatic N) is 1. The molecule has 2 aromatic rings. The Labute approximate surface area is 140 Å². The van der Waals surface area contributed by atoms with Crippen LogP contribution in [-0.2, 0) is 4.79 Å². The fourth-order valence-electron chi connectivity index (χ4n) is 3.60. The van der Waals surface area contributed by atoms with Gasteiger partial charge in [-0.2, -0.15) is 0 Å². The van der Waals surface area contributed by atoms with Crippen LogP contribution >= 0.6 is 0 Å². The molecule has 4 heteroatoms. The predicted molar refractivity (Wildman–Crippen MR) is 96.3 cm³/mol. The molecule has 1 heterocycles. The first-order valence-electron chi connectivity index (χ1n) is 8.16. The van der Waals surface area contributed by atoms with Crippen molar-refractivity contribution in [1.82, 2.24) is 0 Å². The van der Waals surface area contributed by atoms with Crippen molar-refractivity contribution < 1.29 is 9.59 Å². The maximum Gasteiger partial charge on any atom is 0.259 e. The average Bonchev–Trinajstić information content (AvgIpc) is 3.20. The third-order valence-electron chi connectivity index (χ3n) is 4.76. The van der Waals surface area contributed by atoms with Crippen LogP contribution in [-0.4, -0.2) is 18.4 Å². The van der Waals surface area contributed by atoms with Gasteiger partial charge >= 0.3 is 0 Å². The van der Waals surface area contributed by atoms with Gasteiger partial charge in [-0.05, 0) is 43.0 Å². The number of benzene rings is 2. The highest BCUT2D eigenvalue weighted by molar-refractivity contribution is 6.27. The standard InChI is InChI=1S/C20H18N2O2/c1-2-18(23)21-16-10-11-17-19-14(16)8-5-9-15(19)20(24)22(17)12-13-6-3-4-7-13/h2-3,5-6,8-11,13H,1,4,7,12H2,(H,21,23). The van der Waals surface area contributed by atoms with E-state index in [4.69, 9.17) is 0 Å². The van der Waals surface area contributed by atoms with Gasteiger partial charge < -0.3 is 10.2 Å². The number of hydrogen-bond acceptors (Lipinski definition) is 2. The molecular formula is C20H18N2O2. The average molecular weight is 318 g/mol. The third kappa shape index (κ3) is 2.22. The van der Waals surface area contributed by atoms with Crippen molar-refractivity contribution in [2.45, 2.75) is 12.8 Å². The third-order valence-corrected chi connectivity index (χ3v) is 4.76. The summed E-state index contributed by atoms with van der Waals surface area (Å²) in [5.41, 5.74) is 2.34. The molecule has 2 amide bonds. The number of hydrogen-bond donors (Lipinski definition) is 1. The van der Waals surface area contributed by atoms with Crippen LogP contribution in [0.4, 0.5) is 11.4 Å². The summed E-state index contributed by atoms with van der Waals surface area (Å²) in [7, 11) is 0. The normalized spacial score (nSPS) is 18.4. The number of carbonyl (C=O) groups is 2. The number of carbonyl (C=O) groups excluding carboxylic acids is 2. The number of nitrogens with one attached hydrogen (secondary N) is 1. The molecule has 1 aliphatic heterocycles. The Hall–Kier alpha value is -2.88. The van der Waals surface area contributed by atoms with Gasteiger partial charge in [-0.1, -0.05) is 30.9 Å². The largest absolute Gasteiger partial charge is 0.322 e. The maximum absolute atomic E-state index is 12.9. The summed E-state index contributed by atoms with van der Waals surface area (Å²) >= 11 is 0. The Bertz CT molecular complexity index is 898. The van der Waals surface area contributed by atoms with E-state index in [1.807, 2.05) is 35.2 Å². The van der Waals surface area contributed by atoms with E-state index >= 15 is 0 Å². The second-order valence-electron chi connectivity index (χ2n) is 6.24. The fourth-order valence-corrected chi connectivity index (χ4v) is 3.60. The summed E-state index contributed by atoms with van der Waals surface area (Å²) in [4.78, 5) is 26.4. The summed E-state index contributed by atoms with van der Waals surface area (Å²) < 4.78 is 0. The smallest absolute Gasteiger partial charge is 0.259 e. The molecule has 1 unspecified atom stereocenters. The van der Waals surface area contributed by atoms with Crippen LogP contribution in [0.5, 0.6) is 0 Å². The Kier molecular flexibility index (Phi) is 3.45. The molecule has 0 fully saturated rings. The van der Waals surface area contributed by atoms with Gasteiger partial charge in [-0.3, -0.25) is 9.59 Å². The van der Waals surface area contributed by atoms with Gasteiger partial charge in [-0.25, -0.2) is 0 Å². The van der Waals surface area contributed by atoms with Gasteiger partial charge in [0.1, 0.15) is 0 Å². The minimum absolute atomic E-state index is 0.0445. The van der Waals surface area contributed by atoms with E-state index in [2.05, 4.69) is 24.0 Å². The molecule has 2 aromatic carbocycles. The van der Waals surface area contributed by atoms with Crippen LogP contribution in [0.1, 0.15) is 23.2 Å². The highest BCUT2D eigenvalue weighted by Gasteiger charge is 2.31. The van der Waals surface area contributed by atoms with Gasteiger partial charge in [0, 0.05) is 28.6 Å². The van der Waals surface area contributed by atoms with E-state index in [1.54, 1.807) is 0 Å². The van der Waals surface area contributed by atoms with E-state index in [0.717, 1.165) is 29.3 Å². The van der Waals surface area contributed by atoms with Crippen molar-refractivity contribution in [2.75, 3.05) is 16.8 Å². The van der Waals surface area contributed by atoms with Gasteiger partial charge in [0.05, 0.1) is 5.69 Å². The minimum atomic E-state index is -0.257. The Balaban J connectivity index is 1.79. The highest BCUT2D eigenvalue weighted by Crippen LogP contribution is 2.41. The predicted octanol–water partition coefficient (Wildman–Crippen LogP) is 3.89. The molecular weight excluding hydrogens is 300 g/mol. The second kappa shape index (κ2) is 5.64. The van der Waals surface area contributed by atoms with Crippen molar-refractivity contribution in [2.24, 2.45) is 5.92 Å². The van der Waals surface area contributed by atoms with Gasteiger partial charge in [0.25, 0.3) is 5.91 Å². The Morgan fingerprint density at radius 3 is 2.96 bits per heavy atom. The highest BCUT2D eigenvalue weighted by atomic mass is 16.2. The Morgan fingerprint density at radius 2 is 2.21 bits per heavy atom. The lowest BCUT2D eigenvalue weighted by atomic mass is 10.0. The van der Waals surface area contributed by atoms with E-state index in [9.17, 15) is 9.59 Å². The van der Waals surface area contributed by atoms with Gasteiger partial charge in [0.2, 0.25) is 5.91 Å². The van der Waals surface area contributed by atoms with Crippen molar-refractivity contribution in [3.8, 4) is 0 Å². The molecule has 1 N–H and O–H groups in total. The van der Waals surface area contributed by atoms with Crippen LogP contribution in [0.2, 0.25) is 0 Å². The molecule has 0 saturated carbocycles. The lowest BCUT2D eigenvalue weighted by Gasteiger charge is -2.21. The fraction of sp³-hybridized carbons (Fsp3) is 0.200. The zero-order valence-corrected chi connectivity index (χ0v) is 13.3. The topological polar surface area (TPSA) is 49.4 Å². The summed E-state index contributed by atoms with van der Waals surface area (Å²) in [6, 6.07) is 9.44. The molecule has 0 spiro atoms. The number of allylic oxidation sites excluding steroid dienone is 1. The summed E-state index contributed by atoms with van der Waals surface area (Å²) in [5, 5.41) is 4.63. The molecule has 0 aromatic heterocycles. The van der Waals surface area contributed by atoms with Crippen LogP contribution in [0.3, 0.4) is 0 Å². The molecule has 0 radical (unpaired) electrons. The second-order valence-corrected chi connectivity index (χ2v) is 6.24. The van der Waals surface area contributed by atoms with Crippen molar-refractivity contribution >= 4 is 34.0 Å². The van der Waals surface area contributed by atoms with Crippen molar-refractivity contribution in [3.05, 3.63) is 60.7 Å². The quantitative estimate of drug-likeness (QED) is 0.687. The zero-order chi connectivity index (χ0) is 16.7. The number of rotatable bonds is 4. The summed E-state index contributed by atoms with van der Waals surface area (Å²) in [5.74, 6) is 0.203. The lowest BCUT2D eigenvalue weighted by molar-refractivity contribution is -0.111. The molecule has 4 rings (SSSR count). The lowest BCUT2D eigenvalue weighted by Crippen LogP contribution is -2.31. The van der Waals surface area contributed by atoms with Crippen molar-refractivity contribution in [3.63, 3.8) is 0 Å². The summed E-state index contributed by atoms with van der Waals surface area (Å²) in [6.45, 7) is 4.19. The van der Waals surface area contributed by atoms with Crippen molar-refractivity contribution in [1.29, 1.82) is 0 Å². The molecule has 120 valence electrons. The monoisotopic (exact) mass is 318 g/mol. The maximum atomic E-state index is 12.9. The van der Waals surface area contributed by atoms with Crippen LogP contribution in [0.25, 0.3) is 10.8 Å². The summed E-state index contributed by atoms with van der Waals surface area (Å²) in [6.07, 6.45) is 7.81. The van der Waals surface area contributed by atoms with Gasteiger partial charge in [0.15, 0.2) is 0 Å². The SMILES string of the molecule is C=CC(=O)Nc1ccc2c3c(cccc13)C(=O)N2CC1C=CCC1. The van der Waals surface area contributed by atoms with Crippen LogP contribution in [0, 0.1) is 5.92 Å². The molecule has 0 bridgehead atoms. The van der Waals surface area contributed by atoms with Crippen LogP contribution < -0.4 is 10.2 Å². The molecule has 24 heavy (non-hydrogen) atoms. The molecule has 2 aliphatic rings. The first-order valence-corrected chi connectivity index (χ1v) is 8.16. The Morgan fingerprint density at radius 1 is 1.33 bits per heavy atom. The van der Waals surface area contributed by atoms with E-state index in [-0.39, 0.29) is 11.8 Å². The first kappa shape index (κ1) is 14.7. The van der Waals surface area contributed by atoms with E-state index in [0.29, 0.717) is 23.7 Å². The molecule has 1 atom stereocenters. The molecule has 1 aliphatic carbocycles. The molecule has 4 nitrogen and oxygen atoms in total. The number of anilines is 2. The minimum Gasteiger partial charge on any atom is -0.322 e. The van der Waals surface area contributed by atoms with Crippen LogP contribution in [0.15, 0.2) is 55.1 Å².